The molecule has 1 atom stereocenters. The van der Waals surface area contributed by atoms with Gasteiger partial charge in [-0.3, -0.25) is 13.6 Å². The first-order valence-corrected chi connectivity index (χ1v) is 7.15. The Morgan fingerprint density at radius 3 is 2.00 bits per heavy atom. The first-order chi connectivity index (χ1) is 7.49. The molecule has 4 nitrogen and oxygen atoms in total. The average Bonchev–Trinajstić information content (AvgIpc) is 2.17. The smallest absolute Gasteiger partial charge is 0.287 e. The van der Waals surface area contributed by atoms with E-state index in [1.165, 1.54) is 0 Å². The highest BCUT2D eigenvalue weighted by Crippen LogP contribution is 2.51. The van der Waals surface area contributed by atoms with Gasteiger partial charge in [-0.05, 0) is 26.7 Å². The van der Waals surface area contributed by atoms with Gasteiger partial charge < -0.3 is 0 Å². The highest BCUT2D eigenvalue weighted by atomic mass is 31.2. The third-order valence-electron chi connectivity index (χ3n) is 1.86. The Kier molecular flexibility index (Phi) is 7.94. The summed E-state index contributed by atoms with van der Waals surface area (Å²) in [4.78, 5) is 0. The Bertz CT molecular complexity index is 240. The molecule has 16 heavy (non-hydrogen) atoms. The maximum atomic E-state index is 12.1. The highest BCUT2D eigenvalue weighted by Gasteiger charge is 2.30. The van der Waals surface area contributed by atoms with E-state index in [4.69, 9.17) is 13.6 Å². The lowest BCUT2D eigenvalue weighted by atomic mass is 10.1. The highest BCUT2D eigenvalue weighted by molar-refractivity contribution is 7.48. The van der Waals surface area contributed by atoms with Crippen LogP contribution in [0.15, 0.2) is 12.2 Å². The zero-order valence-corrected chi connectivity index (χ0v) is 11.7. The van der Waals surface area contributed by atoms with Crippen molar-refractivity contribution in [3.63, 3.8) is 0 Å². The molecular weight excluding hydrogens is 227 g/mol. The summed E-state index contributed by atoms with van der Waals surface area (Å²) in [7, 11) is -3.41. The first kappa shape index (κ1) is 15.9. The molecule has 0 N–H and O–H groups in total. The van der Waals surface area contributed by atoms with Gasteiger partial charge in [-0.15, -0.1) is 0 Å². The topological polar surface area (TPSA) is 44.8 Å². The molecule has 0 amide bonds. The standard InChI is InChI=1S/C11H23O4P/c1-6-9-11(10(4)5)15-16(12,13-7-2)14-8-3/h6,9-11H,7-8H2,1-5H3/b9-6+/t11-/m1/s1. The Balaban J connectivity index is 4.63. The van der Waals surface area contributed by atoms with Crippen molar-refractivity contribution in [2.24, 2.45) is 5.92 Å². The van der Waals surface area contributed by atoms with Gasteiger partial charge in [0.15, 0.2) is 0 Å². The van der Waals surface area contributed by atoms with E-state index in [0.29, 0.717) is 13.2 Å². The fourth-order valence-electron chi connectivity index (χ4n) is 1.13. The van der Waals surface area contributed by atoms with Gasteiger partial charge >= 0.3 is 7.82 Å². The predicted octanol–water partition coefficient (Wildman–Crippen LogP) is 3.78. The van der Waals surface area contributed by atoms with Crippen LogP contribution in [0.2, 0.25) is 0 Å². The number of phosphoric ester groups is 1. The van der Waals surface area contributed by atoms with Crippen molar-refractivity contribution >= 4 is 7.82 Å². The van der Waals surface area contributed by atoms with E-state index in [-0.39, 0.29) is 12.0 Å². The predicted molar refractivity (Wildman–Crippen MR) is 65.4 cm³/mol. The SMILES string of the molecule is C/C=C/[C@@H](OP(=O)(OCC)OCC)C(C)C. The van der Waals surface area contributed by atoms with E-state index in [2.05, 4.69) is 0 Å². The van der Waals surface area contributed by atoms with Crippen LogP contribution in [-0.4, -0.2) is 19.3 Å². The summed E-state index contributed by atoms with van der Waals surface area (Å²) in [5.41, 5.74) is 0. The van der Waals surface area contributed by atoms with Crippen LogP contribution in [0.4, 0.5) is 0 Å². The van der Waals surface area contributed by atoms with Gasteiger partial charge in [0.05, 0.1) is 19.3 Å². The number of phosphoric acid groups is 1. The normalized spacial score (nSPS) is 14.9. The van der Waals surface area contributed by atoms with Crippen molar-refractivity contribution in [3.8, 4) is 0 Å². The molecule has 0 saturated heterocycles. The zero-order chi connectivity index (χ0) is 12.6. The molecule has 96 valence electrons. The fourth-order valence-corrected chi connectivity index (χ4v) is 2.57. The van der Waals surface area contributed by atoms with Gasteiger partial charge in [0, 0.05) is 0 Å². The molecule has 0 fully saturated rings. The Morgan fingerprint density at radius 1 is 1.19 bits per heavy atom. The third kappa shape index (κ3) is 5.80. The third-order valence-corrected chi connectivity index (χ3v) is 3.51. The molecule has 0 heterocycles. The van der Waals surface area contributed by atoms with Gasteiger partial charge in [0.2, 0.25) is 0 Å². The lowest BCUT2D eigenvalue weighted by Gasteiger charge is -2.23. The fraction of sp³-hybridized carbons (Fsp3) is 0.818. The first-order valence-electron chi connectivity index (χ1n) is 5.69. The second kappa shape index (κ2) is 8.02. The molecule has 0 aromatic carbocycles. The summed E-state index contributed by atoms with van der Waals surface area (Å²) in [5.74, 6) is 0.213. The molecule has 0 aliphatic heterocycles. The molecule has 0 spiro atoms. The van der Waals surface area contributed by atoms with E-state index in [9.17, 15) is 4.57 Å². The molecule has 0 aromatic rings. The van der Waals surface area contributed by atoms with Gasteiger partial charge in [-0.25, -0.2) is 4.57 Å². The maximum absolute atomic E-state index is 12.1. The number of hydrogen-bond acceptors (Lipinski definition) is 4. The van der Waals surface area contributed by atoms with Crippen molar-refractivity contribution < 1.29 is 18.1 Å². The van der Waals surface area contributed by atoms with E-state index in [1.807, 2.05) is 32.9 Å². The maximum Gasteiger partial charge on any atom is 0.475 e. The Labute approximate surface area is 98.6 Å². The number of allylic oxidation sites excluding steroid dienone is 1. The lowest BCUT2D eigenvalue weighted by molar-refractivity contribution is 0.0838. The lowest BCUT2D eigenvalue weighted by Crippen LogP contribution is -2.17. The van der Waals surface area contributed by atoms with Crippen molar-refractivity contribution in [1.82, 2.24) is 0 Å². The van der Waals surface area contributed by atoms with Crippen LogP contribution >= 0.6 is 7.82 Å². The van der Waals surface area contributed by atoms with Crippen LogP contribution < -0.4 is 0 Å². The molecule has 0 rings (SSSR count). The monoisotopic (exact) mass is 250 g/mol. The second-order valence-corrected chi connectivity index (χ2v) is 5.24. The molecule has 0 unspecified atom stereocenters. The van der Waals surface area contributed by atoms with Crippen LogP contribution in [0.25, 0.3) is 0 Å². The minimum absolute atomic E-state index is 0.213. The summed E-state index contributed by atoms with van der Waals surface area (Å²) in [6.45, 7) is 10.0. The molecule has 0 bridgehead atoms. The molecule has 0 saturated carbocycles. The van der Waals surface area contributed by atoms with Crippen LogP contribution in [0.5, 0.6) is 0 Å². The van der Waals surface area contributed by atoms with Crippen molar-refractivity contribution in [1.29, 1.82) is 0 Å². The number of rotatable bonds is 8. The van der Waals surface area contributed by atoms with Crippen LogP contribution in [0.1, 0.15) is 34.6 Å². The van der Waals surface area contributed by atoms with Gasteiger partial charge in [-0.2, -0.15) is 0 Å². The van der Waals surface area contributed by atoms with E-state index in [1.54, 1.807) is 13.8 Å². The minimum Gasteiger partial charge on any atom is -0.287 e. The summed E-state index contributed by atoms with van der Waals surface area (Å²) < 4.78 is 27.7. The molecular formula is C11H23O4P. The van der Waals surface area contributed by atoms with Crippen molar-refractivity contribution in [3.05, 3.63) is 12.2 Å². The van der Waals surface area contributed by atoms with Crippen molar-refractivity contribution in [2.45, 2.75) is 40.7 Å². The van der Waals surface area contributed by atoms with E-state index >= 15 is 0 Å². The minimum atomic E-state index is -3.41. The van der Waals surface area contributed by atoms with Crippen molar-refractivity contribution in [2.75, 3.05) is 13.2 Å². The molecule has 0 radical (unpaired) electrons. The Hall–Kier alpha value is -0.150. The summed E-state index contributed by atoms with van der Waals surface area (Å²) in [6, 6.07) is 0. The molecule has 0 aromatic heterocycles. The van der Waals surface area contributed by atoms with Crippen LogP contribution in [0.3, 0.4) is 0 Å². The average molecular weight is 250 g/mol. The molecule has 0 aliphatic rings. The largest absolute Gasteiger partial charge is 0.475 e. The summed E-state index contributed by atoms with van der Waals surface area (Å²) >= 11 is 0. The zero-order valence-electron chi connectivity index (χ0n) is 10.8. The number of hydrogen-bond donors (Lipinski definition) is 0. The van der Waals surface area contributed by atoms with Gasteiger partial charge in [0.25, 0.3) is 0 Å². The molecule has 5 heteroatoms. The quantitative estimate of drug-likeness (QED) is 0.485. The second-order valence-electron chi connectivity index (χ2n) is 3.62. The van der Waals surface area contributed by atoms with Crippen LogP contribution in [-0.2, 0) is 18.1 Å². The summed E-state index contributed by atoms with van der Waals surface area (Å²) in [6.07, 6.45) is 3.47. The molecule has 0 aliphatic carbocycles. The van der Waals surface area contributed by atoms with E-state index in [0.717, 1.165) is 0 Å². The van der Waals surface area contributed by atoms with Gasteiger partial charge in [-0.1, -0.05) is 26.0 Å². The Morgan fingerprint density at radius 2 is 1.69 bits per heavy atom. The van der Waals surface area contributed by atoms with E-state index < -0.39 is 7.82 Å². The van der Waals surface area contributed by atoms with Crippen LogP contribution in [0, 0.1) is 5.92 Å². The van der Waals surface area contributed by atoms with Gasteiger partial charge in [0.1, 0.15) is 0 Å². The summed E-state index contributed by atoms with van der Waals surface area (Å²) in [5, 5.41) is 0.